The standard InChI is InChI=1S/C20H26N2O4S/c1-4-7-16(3)21-20(23)14-26-17-10-12-18(13-11-17)27(24,25)22-19-9-6-5-8-15(19)2/h5-6,8-13,16,22H,4,7,14H2,1-3H3,(H,21,23). The number of sulfonamides is 1. The number of hydrogen-bond acceptors (Lipinski definition) is 4. The van der Waals surface area contributed by atoms with Crippen LogP contribution in [0.25, 0.3) is 0 Å². The Kier molecular flexibility index (Phi) is 7.24. The minimum absolute atomic E-state index is 0.103. The van der Waals surface area contributed by atoms with Crippen molar-refractivity contribution in [1.29, 1.82) is 0 Å². The summed E-state index contributed by atoms with van der Waals surface area (Å²) in [5.74, 6) is 0.233. The van der Waals surface area contributed by atoms with E-state index in [4.69, 9.17) is 4.74 Å². The molecule has 0 fully saturated rings. The summed E-state index contributed by atoms with van der Waals surface area (Å²) in [7, 11) is -3.69. The van der Waals surface area contributed by atoms with E-state index in [0.717, 1.165) is 18.4 Å². The molecule has 0 radical (unpaired) electrons. The third-order valence-corrected chi connectivity index (χ3v) is 5.40. The average molecular weight is 391 g/mol. The Bertz CT molecular complexity index is 864. The summed E-state index contributed by atoms with van der Waals surface area (Å²) in [4.78, 5) is 11.9. The molecular weight excluding hydrogens is 364 g/mol. The van der Waals surface area contributed by atoms with Gasteiger partial charge in [0.1, 0.15) is 5.75 Å². The van der Waals surface area contributed by atoms with Crippen LogP contribution in [0.2, 0.25) is 0 Å². The van der Waals surface area contributed by atoms with Crippen molar-refractivity contribution in [2.24, 2.45) is 0 Å². The van der Waals surface area contributed by atoms with Crippen LogP contribution in [0.5, 0.6) is 5.75 Å². The number of rotatable bonds is 9. The molecule has 2 N–H and O–H groups in total. The first-order valence-electron chi connectivity index (χ1n) is 8.92. The number of hydrogen-bond donors (Lipinski definition) is 2. The van der Waals surface area contributed by atoms with Crippen LogP contribution >= 0.6 is 0 Å². The molecule has 1 amide bonds. The van der Waals surface area contributed by atoms with Gasteiger partial charge < -0.3 is 10.1 Å². The zero-order chi connectivity index (χ0) is 19.9. The van der Waals surface area contributed by atoms with E-state index in [9.17, 15) is 13.2 Å². The summed E-state index contributed by atoms with van der Waals surface area (Å²) in [6.45, 7) is 5.73. The SMILES string of the molecule is CCCC(C)NC(=O)COc1ccc(S(=O)(=O)Nc2ccccc2C)cc1. The second-order valence-corrected chi connectivity index (χ2v) is 8.12. The highest BCUT2D eigenvalue weighted by molar-refractivity contribution is 7.92. The molecule has 2 aromatic carbocycles. The van der Waals surface area contributed by atoms with Gasteiger partial charge in [-0.2, -0.15) is 0 Å². The smallest absolute Gasteiger partial charge is 0.261 e. The van der Waals surface area contributed by atoms with Gasteiger partial charge in [-0.15, -0.1) is 0 Å². The molecule has 0 aromatic heterocycles. The highest BCUT2D eigenvalue weighted by Crippen LogP contribution is 2.21. The Hall–Kier alpha value is -2.54. The van der Waals surface area contributed by atoms with Gasteiger partial charge in [0.25, 0.3) is 15.9 Å². The number of ether oxygens (including phenoxy) is 1. The van der Waals surface area contributed by atoms with E-state index in [1.54, 1.807) is 12.1 Å². The molecule has 146 valence electrons. The van der Waals surface area contributed by atoms with Crippen molar-refractivity contribution >= 4 is 21.6 Å². The van der Waals surface area contributed by atoms with E-state index in [1.807, 2.05) is 26.0 Å². The van der Waals surface area contributed by atoms with Crippen molar-refractivity contribution in [3.8, 4) is 5.75 Å². The first kappa shape index (κ1) is 20.8. The van der Waals surface area contributed by atoms with Gasteiger partial charge in [-0.05, 0) is 56.2 Å². The lowest BCUT2D eigenvalue weighted by Crippen LogP contribution is -2.35. The zero-order valence-corrected chi connectivity index (χ0v) is 16.7. The fourth-order valence-corrected chi connectivity index (χ4v) is 3.71. The first-order valence-corrected chi connectivity index (χ1v) is 10.4. The number of para-hydroxylation sites is 1. The number of aryl methyl sites for hydroxylation is 1. The van der Waals surface area contributed by atoms with E-state index in [1.165, 1.54) is 24.3 Å². The zero-order valence-electron chi connectivity index (χ0n) is 15.9. The number of benzene rings is 2. The Labute approximate surface area is 161 Å². The van der Waals surface area contributed by atoms with Crippen LogP contribution < -0.4 is 14.8 Å². The van der Waals surface area contributed by atoms with Crippen molar-refractivity contribution in [2.45, 2.75) is 44.6 Å². The van der Waals surface area contributed by atoms with Gasteiger partial charge in [0.05, 0.1) is 10.6 Å². The molecule has 0 saturated carbocycles. The van der Waals surface area contributed by atoms with E-state index in [2.05, 4.69) is 17.0 Å². The van der Waals surface area contributed by atoms with Crippen molar-refractivity contribution in [3.63, 3.8) is 0 Å². The van der Waals surface area contributed by atoms with Crippen molar-refractivity contribution in [2.75, 3.05) is 11.3 Å². The summed E-state index contributed by atoms with van der Waals surface area (Å²) in [5.41, 5.74) is 1.38. The maximum absolute atomic E-state index is 12.5. The third-order valence-electron chi connectivity index (χ3n) is 4.02. The predicted molar refractivity (Wildman–Crippen MR) is 106 cm³/mol. The fourth-order valence-electron chi connectivity index (χ4n) is 2.58. The van der Waals surface area contributed by atoms with E-state index in [-0.39, 0.29) is 23.5 Å². The van der Waals surface area contributed by atoms with Gasteiger partial charge in [0.2, 0.25) is 0 Å². The lowest BCUT2D eigenvalue weighted by Gasteiger charge is -2.13. The van der Waals surface area contributed by atoms with E-state index in [0.29, 0.717) is 11.4 Å². The summed E-state index contributed by atoms with van der Waals surface area (Å²) in [6, 6.07) is 13.2. The average Bonchev–Trinajstić information content (AvgIpc) is 2.62. The van der Waals surface area contributed by atoms with Crippen LogP contribution in [0, 0.1) is 6.92 Å². The summed E-state index contributed by atoms with van der Waals surface area (Å²) < 4.78 is 33.0. The Morgan fingerprint density at radius 1 is 1.11 bits per heavy atom. The minimum Gasteiger partial charge on any atom is -0.484 e. The van der Waals surface area contributed by atoms with Crippen molar-refractivity contribution in [3.05, 3.63) is 54.1 Å². The monoisotopic (exact) mass is 390 g/mol. The van der Waals surface area contributed by atoms with Crippen LogP contribution in [-0.2, 0) is 14.8 Å². The number of amides is 1. The third kappa shape index (κ3) is 6.29. The maximum atomic E-state index is 12.5. The largest absolute Gasteiger partial charge is 0.484 e. The number of carbonyl (C=O) groups is 1. The van der Waals surface area contributed by atoms with E-state index >= 15 is 0 Å². The normalized spacial score (nSPS) is 12.3. The van der Waals surface area contributed by atoms with Gasteiger partial charge in [-0.1, -0.05) is 31.5 Å². The van der Waals surface area contributed by atoms with Gasteiger partial charge in [-0.3, -0.25) is 9.52 Å². The Morgan fingerprint density at radius 3 is 2.41 bits per heavy atom. The van der Waals surface area contributed by atoms with Crippen molar-refractivity contribution < 1.29 is 17.9 Å². The van der Waals surface area contributed by atoms with Gasteiger partial charge >= 0.3 is 0 Å². The molecule has 7 heteroatoms. The van der Waals surface area contributed by atoms with Gasteiger partial charge in [0, 0.05) is 6.04 Å². The number of anilines is 1. The quantitative estimate of drug-likeness (QED) is 0.686. The molecule has 2 rings (SSSR count). The topological polar surface area (TPSA) is 84.5 Å². The molecule has 27 heavy (non-hydrogen) atoms. The fraction of sp³-hybridized carbons (Fsp3) is 0.350. The predicted octanol–water partition coefficient (Wildman–Crippen LogP) is 3.48. The minimum atomic E-state index is -3.69. The molecule has 0 aliphatic carbocycles. The maximum Gasteiger partial charge on any atom is 0.261 e. The summed E-state index contributed by atoms with van der Waals surface area (Å²) >= 11 is 0. The number of nitrogens with one attached hydrogen (secondary N) is 2. The van der Waals surface area contributed by atoms with Crippen LogP contribution in [0.1, 0.15) is 32.3 Å². The molecule has 2 aromatic rings. The van der Waals surface area contributed by atoms with Crippen LogP contribution in [0.4, 0.5) is 5.69 Å². The lowest BCUT2D eigenvalue weighted by atomic mass is 10.2. The molecule has 0 saturated heterocycles. The molecular formula is C20H26N2O4S. The Balaban J connectivity index is 1.96. The second-order valence-electron chi connectivity index (χ2n) is 6.44. The summed E-state index contributed by atoms with van der Waals surface area (Å²) in [5, 5.41) is 2.85. The molecule has 1 atom stereocenters. The molecule has 0 spiro atoms. The van der Waals surface area contributed by atoms with Gasteiger partial charge in [0.15, 0.2) is 6.61 Å². The molecule has 0 heterocycles. The van der Waals surface area contributed by atoms with Crippen molar-refractivity contribution in [1.82, 2.24) is 5.32 Å². The lowest BCUT2D eigenvalue weighted by molar-refractivity contribution is -0.123. The Morgan fingerprint density at radius 2 is 1.78 bits per heavy atom. The van der Waals surface area contributed by atoms with Crippen LogP contribution in [0.3, 0.4) is 0 Å². The van der Waals surface area contributed by atoms with Crippen LogP contribution in [-0.4, -0.2) is 27.0 Å². The number of carbonyl (C=O) groups excluding carboxylic acids is 1. The molecule has 6 nitrogen and oxygen atoms in total. The highest BCUT2D eigenvalue weighted by atomic mass is 32.2. The summed E-state index contributed by atoms with van der Waals surface area (Å²) in [6.07, 6.45) is 1.90. The van der Waals surface area contributed by atoms with Crippen LogP contribution in [0.15, 0.2) is 53.4 Å². The van der Waals surface area contributed by atoms with E-state index < -0.39 is 10.0 Å². The first-order chi connectivity index (χ1) is 12.8. The molecule has 0 aliphatic heterocycles. The highest BCUT2D eigenvalue weighted by Gasteiger charge is 2.15. The van der Waals surface area contributed by atoms with Gasteiger partial charge in [-0.25, -0.2) is 8.42 Å². The molecule has 0 aliphatic rings. The molecule has 1 unspecified atom stereocenters. The molecule has 0 bridgehead atoms. The second kappa shape index (κ2) is 9.41.